The summed E-state index contributed by atoms with van der Waals surface area (Å²) in [6.07, 6.45) is 0. The third-order valence-corrected chi connectivity index (χ3v) is 3.63. The Morgan fingerprint density at radius 1 is 1.33 bits per heavy atom. The average Bonchev–Trinajstić information content (AvgIpc) is 2.54. The number of rotatable bonds is 5. The minimum absolute atomic E-state index is 0.0204. The summed E-state index contributed by atoms with van der Waals surface area (Å²) in [6.45, 7) is 6.52. The lowest BCUT2D eigenvalue weighted by Crippen LogP contribution is -2.46. The van der Waals surface area contributed by atoms with Gasteiger partial charge in [-0.2, -0.15) is 15.0 Å². The number of nitrogens with zero attached hydrogens (tertiary/aromatic N) is 5. The summed E-state index contributed by atoms with van der Waals surface area (Å²) in [5.41, 5.74) is 1.97. The van der Waals surface area contributed by atoms with Crippen LogP contribution in [0.5, 0.6) is 0 Å². The molecule has 1 aromatic heterocycles. The molecule has 4 N–H and O–H groups in total. The van der Waals surface area contributed by atoms with E-state index in [1.54, 1.807) is 4.90 Å². The van der Waals surface area contributed by atoms with Crippen LogP contribution in [0.2, 0.25) is 0 Å². The first-order valence-electron chi connectivity index (χ1n) is 6.88. The standard InChI is InChI=1S/C12H23N7O2/c1-12(2,8-20)18(3)10-14-9(17-13)15-11(16-10)19-4-6-21-7-5-19/h20H,4-8,13H2,1-3H3,(H,14,15,16,17). The summed E-state index contributed by atoms with van der Waals surface area (Å²) in [5, 5.41) is 9.49. The number of aromatic nitrogens is 3. The molecule has 0 saturated carbocycles. The van der Waals surface area contributed by atoms with E-state index >= 15 is 0 Å². The second kappa shape index (κ2) is 6.37. The van der Waals surface area contributed by atoms with Gasteiger partial charge in [-0.3, -0.25) is 5.43 Å². The van der Waals surface area contributed by atoms with Gasteiger partial charge in [-0.25, -0.2) is 5.84 Å². The zero-order valence-electron chi connectivity index (χ0n) is 12.7. The van der Waals surface area contributed by atoms with Gasteiger partial charge in [-0.05, 0) is 13.8 Å². The summed E-state index contributed by atoms with van der Waals surface area (Å²) < 4.78 is 5.33. The molecule has 0 aromatic carbocycles. The van der Waals surface area contributed by atoms with Gasteiger partial charge in [0, 0.05) is 20.1 Å². The number of nitrogens with one attached hydrogen (secondary N) is 1. The van der Waals surface area contributed by atoms with Gasteiger partial charge in [-0.15, -0.1) is 0 Å². The van der Waals surface area contributed by atoms with Gasteiger partial charge in [0.1, 0.15) is 0 Å². The van der Waals surface area contributed by atoms with Gasteiger partial charge in [-0.1, -0.05) is 0 Å². The van der Waals surface area contributed by atoms with Crippen molar-refractivity contribution in [1.82, 2.24) is 15.0 Å². The number of anilines is 3. The van der Waals surface area contributed by atoms with Crippen molar-refractivity contribution in [1.29, 1.82) is 0 Å². The van der Waals surface area contributed by atoms with E-state index in [1.165, 1.54) is 0 Å². The van der Waals surface area contributed by atoms with Gasteiger partial charge in [0.15, 0.2) is 0 Å². The van der Waals surface area contributed by atoms with E-state index in [0.29, 0.717) is 31.1 Å². The molecule has 2 heterocycles. The molecule has 1 aliphatic heterocycles. The Morgan fingerprint density at radius 3 is 2.57 bits per heavy atom. The highest BCUT2D eigenvalue weighted by atomic mass is 16.5. The van der Waals surface area contributed by atoms with E-state index in [1.807, 2.05) is 25.8 Å². The molecule has 1 aromatic rings. The highest BCUT2D eigenvalue weighted by molar-refractivity contribution is 5.46. The van der Waals surface area contributed by atoms with Gasteiger partial charge in [0.25, 0.3) is 0 Å². The first kappa shape index (κ1) is 15.7. The molecule has 0 radical (unpaired) electrons. The lowest BCUT2D eigenvalue weighted by molar-refractivity contribution is 0.122. The maximum absolute atomic E-state index is 9.49. The smallest absolute Gasteiger partial charge is 0.243 e. The number of hydrogen-bond donors (Lipinski definition) is 3. The Kier molecular flexibility index (Phi) is 4.76. The minimum Gasteiger partial charge on any atom is -0.394 e. The summed E-state index contributed by atoms with van der Waals surface area (Å²) in [6, 6.07) is 0. The van der Waals surface area contributed by atoms with E-state index in [2.05, 4.69) is 20.4 Å². The van der Waals surface area contributed by atoms with Gasteiger partial charge in [0.05, 0.1) is 25.4 Å². The number of aliphatic hydroxyl groups is 1. The van der Waals surface area contributed by atoms with Crippen molar-refractivity contribution in [3.05, 3.63) is 0 Å². The van der Waals surface area contributed by atoms with Crippen molar-refractivity contribution in [3.63, 3.8) is 0 Å². The number of hydrazine groups is 1. The fraction of sp³-hybridized carbons (Fsp3) is 0.750. The van der Waals surface area contributed by atoms with Crippen LogP contribution in [-0.4, -0.2) is 65.6 Å². The fourth-order valence-corrected chi connectivity index (χ4v) is 1.85. The van der Waals surface area contributed by atoms with Crippen molar-refractivity contribution >= 4 is 17.8 Å². The predicted molar refractivity (Wildman–Crippen MR) is 80.2 cm³/mol. The van der Waals surface area contributed by atoms with Crippen molar-refractivity contribution in [3.8, 4) is 0 Å². The molecule has 0 atom stereocenters. The van der Waals surface area contributed by atoms with Crippen LogP contribution >= 0.6 is 0 Å². The van der Waals surface area contributed by atoms with Gasteiger partial charge >= 0.3 is 0 Å². The van der Waals surface area contributed by atoms with Crippen LogP contribution in [-0.2, 0) is 4.74 Å². The number of nitrogen functional groups attached to an aromatic ring is 1. The summed E-state index contributed by atoms with van der Waals surface area (Å²) in [4.78, 5) is 16.9. The second-order valence-electron chi connectivity index (χ2n) is 5.53. The lowest BCUT2D eigenvalue weighted by Gasteiger charge is -2.34. The quantitative estimate of drug-likeness (QED) is 0.475. The zero-order chi connectivity index (χ0) is 15.5. The fourth-order valence-electron chi connectivity index (χ4n) is 1.85. The maximum Gasteiger partial charge on any atom is 0.243 e. The normalized spacial score (nSPS) is 16.0. The summed E-state index contributed by atoms with van der Waals surface area (Å²) in [7, 11) is 1.83. The van der Waals surface area contributed by atoms with E-state index in [4.69, 9.17) is 10.6 Å². The summed E-state index contributed by atoms with van der Waals surface area (Å²) in [5.74, 6) is 6.75. The molecule has 0 unspecified atom stereocenters. The molecule has 1 fully saturated rings. The maximum atomic E-state index is 9.49. The van der Waals surface area contributed by atoms with E-state index in [-0.39, 0.29) is 6.61 Å². The molecule has 1 saturated heterocycles. The van der Waals surface area contributed by atoms with Crippen LogP contribution in [0.3, 0.4) is 0 Å². The van der Waals surface area contributed by atoms with Crippen LogP contribution in [0.1, 0.15) is 13.8 Å². The van der Waals surface area contributed by atoms with Crippen molar-refractivity contribution in [2.75, 3.05) is 55.2 Å². The second-order valence-corrected chi connectivity index (χ2v) is 5.53. The predicted octanol–water partition coefficient (Wildman–Crippen LogP) is -0.799. The SMILES string of the molecule is CN(c1nc(NN)nc(N2CCOCC2)n1)C(C)(C)CO. The molecule has 0 bridgehead atoms. The van der Waals surface area contributed by atoms with Gasteiger partial charge in [0.2, 0.25) is 17.8 Å². The largest absolute Gasteiger partial charge is 0.394 e. The van der Waals surface area contributed by atoms with E-state index in [9.17, 15) is 5.11 Å². The molecule has 1 aliphatic rings. The Labute approximate surface area is 124 Å². The molecular formula is C12H23N7O2. The molecule has 0 spiro atoms. The van der Waals surface area contributed by atoms with Crippen molar-refractivity contribution in [2.24, 2.45) is 5.84 Å². The minimum atomic E-state index is -0.491. The van der Waals surface area contributed by atoms with Crippen molar-refractivity contribution in [2.45, 2.75) is 19.4 Å². The number of aliphatic hydroxyl groups excluding tert-OH is 1. The average molecular weight is 297 g/mol. The molecule has 0 aliphatic carbocycles. The molecule has 0 amide bonds. The third kappa shape index (κ3) is 3.49. The molecular weight excluding hydrogens is 274 g/mol. The first-order valence-corrected chi connectivity index (χ1v) is 6.88. The Bertz CT molecular complexity index is 477. The van der Waals surface area contributed by atoms with Crippen LogP contribution in [0.25, 0.3) is 0 Å². The number of nitrogens with two attached hydrogens (primary N) is 1. The van der Waals surface area contributed by atoms with Crippen LogP contribution in [0.15, 0.2) is 0 Å². The number of likely N-dealkylation sites (N-methyl/N-ethyl adjacent to an activating group) is 1. The van der Waals surface area contributed by atoms with Crippen LogP contribution in [0, 0.1) is 0 Å². The van der Waals surface area contributed by atoms with Crippen molar-refractivity contribution < 1.29 is 9.84 Å². The highest BCUT2D eigenvalue weighted by Gasteiger charge is 2.26. The van der Waals surface area contributed by atoms with Gasteiger partial charge < -0.3 is 19.6 Å². The van der Waals surface area contributed by atoms with Crippen LogP contribution in [0.4, 0.5) is 17.8 Å². The molecule has 118 valence electrons. The van der Waals surface area contributed by atoms with E-state index in [0.717, 1.165) is 13.1 Å². The third-order valence-electron chi connectivity index (χ3n) is 3.63. The Hall–Kier alpha value is -1.71. The Balaban J connectivity index is 2.33. The highest BCUT2D eigenvalue weighted by Crippen LogP contribution is 2.22. The van der Waals surface area contributed by atoms with E-state index < -0.39 is 5.54 Å². The van der Waals surface area contributed by atoms with Crippen LogP contribution < -0.4 is 21.1 Å². The molecule has 2 rings (SSSR count). The number of ether oxygens (including phenoxy) is 1. The summed E-state index contributed by atoms with van der Waals surface area (Å²) >= 11 is 0. The topological polar surface area (TPSA) is 113 Å². The monoisotopic (exact) mass is 297 g/mol. The molecule has 9 nitrogen and oxygen atoms in total. The number of morpholine rings is 1. The molecule has 9 heteroatoms. The molecule has 21 heavy (non-hydrogen) atoms. The number of hydrogen-bond acceptors (Lipinski definition) is 9. The Morgan fingerprint density at radius 2 is 2.00 bits per heavy atom. The lowest BCUT2D eigenvalue weighted by atomic mass is 10.1. The first-order chi connectivity index (χ1) is 9.97. The zero-order valence-corrected chi connectivity index (χ0v) is 12.7.